The van der Waals surface area contributed by atoms with E-state index in [0.29, 0.717) is 12.0 Å². The molecule has 4 nitrogen and oxygen atoms in total. The predicted octanol–water partition coefficient (Wildman–Crippen LogP) is 2.53. The molecule has 0 radical (unpaired) electrons. The molecule has 2 aromatic rings. The highest BCUT2D eigenvalue weighted by Crippen LogP contribution is 2.41. The Kier molecular flexibility index (Phi) is 2.15. The van der Waals surface area contributed by atoms with Crippen molar-refractivity contribution in [3.63, 3.8) is 0 Å². The normalized spacial score (nSPS) is 22.3. The van der Waals surface area contributed by atoms with E-state index in [9.17, 15) is 0 Å². The van der Waals surface area contributed by atoms with Gasteiger partial charge in [-0.1, -0.05) is 18.2 Å². The zero-order valence-electron chi connectivity index (χ0n) is 10.1. The summed E-state index contributed by atoms with van der Waals surface area (Å²) in [6.07, 6.45) is 5.39. The topological polar surface area (TPSA) is 39.9 Å². The van der Waals surface area contributed by atoms with E-state index >= 15 is 0 Å². The summed E-state index contributed by atoms with van der Waals surface area (Å²) in [7, 11) is 0. The first-order valence-corrected chi connectivity index (χ1v) is 6.54. The highest BCUT2D eigenvalue weighted by atomic mass is 16.5. The van der Waals surface area contributed by atoms with E-state index in [1.165, 1.54) is 18.4 Å². The molecule has 0 bridgehead atoms. The first-order valence-electron chi connectivity index (χ1n) is 6.54. The summed E-state index contributed by atoms with van der Waals surface area (Å²) in [5.74, 6) is 2.44. The largest absolute Gasteiger partial charge is 0.493 e. The van der Waals surface area contributed by atoms with Crippen LogP contribution in [0.25, 0.3) is 0 Å². The van der Waals surface area contributed by atoms with Crippen LogP contribution in [0.4, 0.5) is 0 Å². The quantitative estimate of drug-likeness (QED) is 0.811. The van der Waals surface area contributed by atoms with Crippen molar-refractivity contribution >= 4 is 0 Å². The monoisotopic (exact) mass is 241 g/mol. The summed E-state index contributed by atoms with van der Waals surface area (Å²) in [6.45, 7) is 0.763. The van der Waals surface area contributed by atoms with Gasteiger partial charge in [-0.15, -0.1) is 10.2 Å². The van der Waals surface area contributed by atoms with Crippen molar-refractivity contribution in [2.45, 2.75) is 31.2 Å². The third-order valence-corrected chi connectivity index (χ3v) is 3.81. The maximum absolute atomic E-state index is 5.71. The molecule has 2 aliphatic rings. The number of hydrogen-bond donors (Lipinski definition) is 0. The molecule has 1 unspecified atom stereocenters. The molecular weight excluding hydrogens is 226 g/mol. The summed E-state index contributed by atoms with van der Waals surface area (Å²) in [5, 5.41) is 8.46. The van der Waals surface area contributed by atoms with Gasteiger partial charge in [0.1, 0.15) is 17.9 Å². The number of nitrogens with zero attached hydrogens (tertiary/aromatic N) is 3. The lowest BCUT2D eigenvalue weighted by molar-refractivity contribution is 0.272. The molecule has 1 aliphatic heterocycles. The zero-order valence-corrected chi connectivity index (χ0v) is 10.1. The van der Waals surface area contributed by atoms with Gasteiger partial charge >= 0.3 is 0 Å². The van der Waals surface area contributed by atoms with E-state index in [0.717, 1.165) is 24.6 Å². The van der Waals surface area contributed by atoms with Crippen LogP contribution >= 0.6 is 0 Å². The van der Waals surface area contributed by atoms with Gasteiger partial charge in [-0.25, -0.2) is 0 Å². The second kappa shape index (κ2) is 3.83. The van der Waals surface area contributed by atoms with Gasteiger partial charge < -0.3 is 9.30 Å². The van der Waals surface area contributed by atoms with E-state index < -0.39 is 0 Å². The lowest BCUT2D eigenvalue weighted by atomic mass is 9.92. The molecule has 1 saturated carbocycles. The van der Waals surface area contributed by atoms with Crippen molar-refractivity contribution in [3.05, 3.63) is 42.0 Å². The second-order valence-corrected chi connectivity index (χ2v) is 5.06. The van der Waals surface area contributed by atoms with Gasteiger partial charge in [-0.2, -0.15) is 0 Å². The van der Waals surface area contributed by atoms with Crippen LogP contribution in [0.15, 0.2) is 30.6 Å². The number of para-hydroxylation sites is 1. The van der Waals surface area contributed by atoms with E-state index in [-0.39, 0.29) is 0 Å². The number of ether oxygens (including phenoxy) is 1. The fraction of sp³-hybridized carbons (Fsp3) is 0.429. The lowest BCUT2D eigenvalue weighted by Gasteiger charge is -2.25. The molecule has 18 heavy (non-hydrogen) atoms. The minimum Gasteiger partial charge on any atom is -0.493 e. The van der Waals surface area contributed by atoms with Crippen LogP contribution in [0.5, 0.6) is 5.75 Å². The van der Waals surface area contributed by atoms with Crippen LogP contribution in [-0.4, -0.2) is 21.4 Å². The van der Waals surface area contributed by atoms with E-state index in [2.05, 4.69) is 26.9 Å². The summed E-state index contributed by atoms with van der Waals surface area (Å²) in [4.78, 5) is 0. The van der Waals surface area contributed by atoms with Gasteiger partial charge in [-0.3, -0.25) is 0 Å². The van der Waals surface area contributed by atoms with Gasteiger partial charge in [0.15, 0.2) is 0 Å². The van der Waals surface area contributed by atoms with E-state index in [1.807, 2.05) is 18.5 Å². The summed E-state index contributed by atoms with van der Waals surface area (Å²) in [5.41, 5.74) is 1.25. The molecule has 4 heteroatoms. The molecule has 1 aliphatic carbocycles. The molecule has 0 saturated heterocycles. The van der Waals surface area contributed by atoms with Crippen molar-refractivity contribution in [2.75, 3.05) is 6.61 Å². The lowest BCUT2D eigenvalue weighted by Crippen LogP contribution is -2.18. The van der Waals surface area contributed by atoms with E-state index in [4.69, 9.17) is 4.74 Å². The fourth-order valence-electron chi connectivity index (χ4n) is 2.75. The Hall–Kier alpha value is -1.84. The first-order chi connectivity index (χ1) is 8.93. The van der Waals surface area contributed by atoms with Gasteiger partial charge in [0.25, 0.3) is 0 Å². The van der Waals surface area contributed by atoms with Crippen LogP contribution in [0.3, 0.4) is 0 Å². The predicted molar refractivity (Wildman–Crippen MR) is 66.7 cm³/mol. The van der Waals surface area contributed by atoms with Gasteiger partial charge in [-0.05, 0) is 25.3 Å². The molecule has 1 aromatic carbocycles. The Balaban J connectivity index is 1.79. The molecule has 2 heterocycles. The van der Waals surface area contributed by atoms with Crippen LogP contribution in [0, 0.1) is 0 Å². The van der Waals surface area contributed by atoms with Crippen molar-refractivity contribution in [1.82, 2.24) is 14.8 Å². The van der Waals surface area contributed by atoms with Crippen molar-refractivity contribution in [1.29, 1.82) is 0 Å². The first kappa shape index (κ1) is 10.1. The third-order valence-electron chi connectivity index (χ3n) is 3.81. The maximum Gasteiger partial charge on any atom is 0.140 e. The summed E-state index contributed by atoms with van der Waals surface area (Å²) in [6, 6.07) is 8.90. The van der Waals surface area contributed by atoms with Crippen LogP contribution in [0.1, 0.15) is 42.6 Å². The molecular formula is C14H15N3O. The average Bonchev–Trinajstić information content (AvgIpc) is 3.16. The number of aromatic nitrogens is 3. The smallest absolute Gasteiger partial charge is 0.140 e. The summed E-state index contributed by atoms with van der Waals surface area (Å²) < 4.78 is 7.97. The fourth-order valence-corrected chi connectivity index (χ4v) is 2.75. The Morgan fingerprint density at radius 2 is 2.06 bits per heavy atom. The molecule has 0 N–H and O–H groups in total. The third kappa shape index (κ3) is 1.52. The Bertz CT molecular complexity index is 574. The number of benzene rings is 1. The standard InChI is InChI=1S/C14H15N3O/c1-2-4-13-11(3-1)12(7-8-18-13)14-16-15-9-17(14)10-5-6-10/h1-4,9-10,12H,5-8H2. The molecule has 4 rings (SSSR count). The molecule has 0 amide bonds. The van der Waals surface area contributed by atoms with Crippen LogP contribution in [-0.2, 0) is 0 Å². The molecule has 1 aromatic heterocycles. The average molecular weight is 241 g/mol. The van der Waals surface area contributed by atoms with Gasteiger partial charge in [0.05, 0.1) is 12.5 Å². The molecule has 1 atom stereocenters. The number of rotatable bonds is 2. The minimum atomic E-state index is 0.332. The Morgan fingerprint density at radius 1 is 1.17 bits per heavy atom. The van der Waals surface area contributed by atoms with Gasteiger partial charge in [0.2, 0.25) is 0 Å². The molecule has 92 valence electrons. The highest BCUT2D eigenvalue weighted by Gasteiger charge is 2.32. The number of fused-ring (bicyclic) bond motifs is 1. The Morgan fingerprint density at radius 3 is 2.94 bits per heavy atom. The van der Waals surface area contributed by atoms with Crippen molar-refractivity contribution in [3.8, 4) is 5.75 Å². The highest BCUT2D eigenvalue weighted by molar-refractivity contribution is 5.40. The number of hydrogen-bond acceptors (Lipinski definition) is 3. The maximum atomic E-state index is 5.71. The zero-order chi connectivity index (χ0) is 11.9. The van der Waals surface area contributed by atoms with Crippen molar-refractivity contribution < 1.29 is 4.74 Å². The van der Waals surface area contributed by atoms with Crippen LogP contribution in [0.2, 0.25) is 0 Å². The van der Waals surface area contributed by atoms with Crippen molar-refractivity contribution in [2.24, 2.45) is 0 Å². The molecule has 0 spiro atoms. The SMILES string of the molecule is c1ccc2c(c1)OCCC2c1nncn1C1CC1. The van der Waals surface area contributed by atoms with Crippen LogP contribution < -0.4 is 4.74 Å². The Labute approximate surface area is 106 Å². The molecule has 1 fully saturated rings. The van der Waals surface area contributed by atoms with E-state index in [1.54, 1.807) is 0 Å². The van der Waals surface area contributed by atoms with Gasteiger partial charge in [0, 0.05) is 11.6 Å². The second-order valence-electron chi connectivity index (χ2n) is 5.06. The minimum absolute atomic E-state index is 0.332. The summed E-state index contributed by atoms with van der Waals surface area (Å²) >= 11 is 0.